The van der Waals surface area contributed by atoms with Crippen molar-refractivity contribution in [3.63, 3.8) is 0 Å². The lowest BCUT2D eigenvalue weighted by Gasteiger charge is -2.09. The van der Waals surface area contributed by atoms with Crippen LogP contribution in [0.3, 0.4) is 0 Å². The maximum absolute atomic E-state index is 11.8. The van der Waals surface area contributed by atoms with Gasteiger partial charge in [0.15, 0.2) is 0 Å². The van der Waals surface area contributed by atoms with Gasteiger partial charge < -0.3 is 10.1 Å². The van der Waals surface area contributed by atoms with Crippen molar-refractivity contribution in [2.24, 2.45) is 0 Å². The summed E-state index contributed by atoms with van der Waals surface area (Å²) in [6.45, 7) is 0. The van der Waals surface area contributed by atoms with Gasteiger partial charge in [0.1, 0.15) is 12.1 Å². The monoisotopic (exact) mass is 262 g/mol. The number of carbonyl (C=O) groups excluding carboxylic acids is 1. The lowest BCUT2D eigenvalue weighted by atomic mass is 10.2. The molecule has 1 aromatic carbocycles. The van der Waals surface area contributed by atoms with Gasteiger partial charge in [-0.2, -0.15) is 0 Å². The van der Waals surface area contributed by atoms with E-state index >= 15 is 0 Å². The fraction of sp³-hybridized carbons (Fsp3) is 0.0909. The van der Waals surface area contributed by atoms with Gasteiger partial charge in [-0.1, -0.05) is 0 Å². The second kappa shape index (κ2) is 5.17. The molecule has 0 atom stereocenters. The van der Waals surface area contributed by atoms with Gasteiger partial charge in [-0.25, -0.2) is 9.78 Å². The number of hydrogen-bond acceptors (Lipinski definition) is 5. The van der Waals surface area contributed by atoms with Crippen LogP contribution >= 0.6 is 0 Å². The van der Waals surface area contributed by atoms with Crippen LogP contribution in [0.25, 0.3) is 0 Å². The molecule has 0 aliphatic heterocycles. The Labute approximate surface area is 107 Å². The molecule has 8 heteroatoms. The zero-order valence-corrected chi connectivity index (χ0v) is 9.94. The number of imidazole rings is 1. The lowest BCUT2D eigenvalue weighted by Crippen LogP contribution is -2.18. The third kappa shape index (κ3) is 2.68. The first-order valence-corrected chi connectivity index (χ1v) is 5.23. The van der Waals surface area contributed by atoms with Crippen LogP contribution in [0, 0.1) is 10.1 Å². The van der Waals surface area contributed by atoms with Crippen molar-refractivity contribution >= 4 is 17.4 Å². The molecule has 0 aliphatic carbocycles. The molecule has 2 rings (SSSR count). The molecule has 19 heavy (non-hydrogen) atoms. The molecule has 0 aliphatic rings. The summed E-state index contributed by atoms with van der Waals surface area (Å²) in [4.78, 5) is 25.7. The summed E-state index contributed by atoms with van der Waals surface area (Å²) in [7, 11) is 1.41. The fourth-order valence-corrected chi connectivity index (χ4v) is 1.47. The van der Waals surface area contributed by atoms with Gasteiger partial charge >= 0.3 is 6.03 Å². The number of nitrogens with one attached hydrogen (secondary N) is 1. The van der Waals surface area contributed by atoms with Crippen molar-refractivity contribution in [3.8, 4) is 5.75 Å². The number of nitrogens with zero attached hydrogens (tertiary/aromatic N) is 3. The van der Waals surface area contributed by atoms with Gasteiger partial charge in [0, 0.05) is 24.5 Å². The van der Waals surface area contributed by atoms with Crippen molar-refractivity contribution in [1.29, 1.82) is 0 Å². The Hall–Kier alpha value is -2.90. The van der Waals surface area contributed by atoms with Gasteiger partial charge in [-0.3, -0.25) is 14.7 Å². The highest BCUT2D eigenvalue weighted by Gasteiger charge is 2.14. The van der Waals surface area contributed by atoms with Crippen LogP contribution in [0.5, 0.6) is 5.75 Å². The molecule has 0 fully saturated rings. The summed E-state index contributed by atoms with van der Waals surface area (Å²) < 4.78 is 6.24. The highest BCUT2D eigenvalue weighted by atomic mass is 16.6. The van der Waals surface area contributed by atoms with Crippen LogP contribution in [-0.2, 0) is 0 Å². The Bertz CT molecular complexity index is 609. The van der Waals surface area contributed by atoms with E-state index < -0.39 is 11.0 Å². The zero-order chi connectivity index (χ0) is 13.8. The molecule has 0 saturated carbocycles. The standard InChI is InChI=1S/C11H10N4O4/c1-19-10-3-2-8(15(17)18)6-9(10)13-11(16)14-5-4-12-7-14/h2-7H,1H3,(H,13,16). The third-order valence-corrected chi connectivity index (χ3v) is 2.37. The first kappa shape index (κ1) is 12.6. The Morgan fingerprint density at radius 1 is 1.53 bits per heavy atom. The molecule has 0 spiro atoms. The van der Waals surface area contributed by atoms with Crippen molar-refractivity contribution in [3.05, 3.63) is 47.0 Å². The molecule has 98 valence electrons. The van der Waals surface area contributed by atoms with Crippen molar-refractivity contribution in [1.82, 2.24) is 9.55 Å². The second-order valence-electron chi connectivity index (χ2n) is 3.54. The Morgan fingerprint density at radius 2 is 2.32 bits per heavy atom. The number of non-ortho nitro benzene ring substituents is 1. The van der Waals surface area contributed by atoms with Gasteiger partial charge in [-0.05, 0) is 6.07 Å². The van der Waals surface area contributed by atoms with Crippen molar-refractivity contribution < 1.29 is 14.5 Å². The van der Waals surface area contributed by atoms with Crippen LogP contribution in [0.2, 0.25) is 0 Å². The van der Waals surface area contributed by atoms with Crippen LogP contribution in [-0.4, -0.2) is 27.6 Å². The molecular formula is C11H10N4O4. The largest absolute Gasteiger partial charge is 0.495 e. The first-order chi connectivity index (χ1) is 9.11. The van der Waals surface area contributed by atoms with Gasteiger partial charge in [0.2, 0.25) is 0 Å². The highest BCUT2D eigenvalue weighted by molar-refractivity contribution is 5.92. The number of methoxy groups -OCH3 is 1. The summed E-state index contributed by atoms with van der Waals surface area (Å²) in [5.41, 5.74) is 0.0807. The molecule has 0 radical (unpaired) electrons. The molecule has 1 N–H and O–H groups in total. The summed E-state index contributed by atoms with van der Waals surface area (Å²) in [6.07, 6.45) is 4.22. The number of nitro groups is 1. The predicted octanol–water partition coefficient (Wildman–Crippen LogP) is 1.88. The smallest absolute Gasteiger partial charge is 0.331 e. The molecule has 1 aromatic heterocycles. The van der Waals surface area contributed by atoms with Gasteiger partial charge in [0.05, 0.1) is 17.7 Å². The van der Waals surface area contributed by atoms with Gasteiger partial charge in [-0.15, -0.1) is 0 Å². The molecule has 0 bridgehead atoms. The molecule has 0 saturated heterocycles. The minimum absolute atomic E-state index is 0.137. The Kier molecular flexibility index (Phi) is 3.42. The number of amides is 1. The fourth-order valence-electron chi connectivity index (χ4n) is 1.47. The summed E-state index contributed by atoms with van der Waals surface area (Å²) in [5, 5.41) is 13.2. The summed E-state index contributed by atoms with van der Waals surface area (Å²) in [5.74, 6) is 0.332. The number of rotatable bonds is 3. The number of nitro benzene ring substituents is 1. The molecule has 8 nitrogen and oxygen atoms in total. The number of benzene rings is 1. The number of anilines is 1. The minimum Gasteiger partial charge on any atom is -0.495 e. The van der Waals surface area contributed by atoms with E-state index in [1.54, 1.807) is 0 Å². The normalized spacial score (nSPS) is 9.95. The predicted molar refractivity (Wildman–Crippen MR) is 66.3 cm³/mol. The maximum Gasteiger partial charge on any atom is 0.331 e. The van der Waals surface area contributed by atoms with E-state index in [4.69, 9.17) is 4.74 Å². The number of carbonyl (C=O) groups is 1. The third-order valence-electron chi connectivity index (χ3n) is 2.37. The van der Waals surface area contributed by atoms with Crippen LogP contribution in [0.1, 0.15) is 0 Å². The Morgan fingerprint density at radius 3 is 2.89 bits per heavy atom. The molecule has 0 unspecified atom stereocenters. The van der Waals surface area contributed by atoms with Crippen LogP contribution in [0.4, 0.5) is 16.2 Å². The second-order valence-corrected chi connectivity index (χ2v) is 3.54. The van der Waals surface area contributed by atoms with Crippen molar-refractivity contribution in [2.45, 2.75) is 0 Å². The van der Waals surface area contributed by atoms with Gasteiger partial charge in [0.25, 0.3) is 5.69 Å². The summed E-state index contributed by atoms with van der Waals surface area (Å²) >= 11 is 0. The zero-order valence-electron chi connectivity index (χ0n) is 9.94. The topological polar surface area (TPSA) is 99.3 Å². The van der Waals surface area contributed by atoms with E-state index in [1.807, 2.05) is 0 Å². The number of hydrogen-bond donors (Lipinski definition) is 1. The lowest BCUT2D eigenvalue weighted by molar-refractivity contribution is -0.384. The van der Waals surface area contributed by atoms with E-state index in [2.05, 4.69) is 10.3 Å². The van der Waals surface area contributed by atoms with E-state index in [9.17, 15) is 14.9 Å². The quantitative estimate of drug-likeness (QED) is 0.672. The average molecular weight is 262 g/mol. The van der Waals surface area contributed by atoms with Crippen molar-refractivity contribution in [2.75, 3.05) is 12.4 Å². The molecule has 1 amide bonds. The highest BCUT2D eigenvalue weighted by Crippen LogP contribution is 2.28. The molecule has 1 heterocycles. The van der Waals surface area contributed by atoms with Crippen LogP contribution < -0.4 is 10.1 Å². The average Bonchev–Trinajstić information content (AvgIpc) is 2.92. The maximum atomic E-state index is 11.8. The molecular weight excluding hydrogens is 252 g/mol. The van der Waals surface area contributed by atoms with Crippen LogP contribution in [0.15, 0.2) is 36.9 Å². The Balaban J connectivity index is 2.30. The minimum atomic E-state index is -0.549. The van der Waals surface area contributed by atoms with E-state index in [0.717, 1.165) is 0 Å². The summed E-state index contributed by atoms with van der Waals surface area (Å²) in [6, 6.07) is 3.46. The number of ether oxygens (including phenoxy) is 1. The van der Waals surface area contributed by atoms with E-state index in [1.165, 1.54) is 48.6 Å². The SMILES string of the molecule is COc1ccc([N+](=O)[O-])cc1NC(=O)n1ccnc1. The van der Waals surface area contributed by atoms with E-state index in [0.29, 0.717) is 5.75 Å². The number of aromatic nitrogens is 2. The first-order valence-electron chi connectivity index (χ1n) is 5.23. The molecule has 2 aromatic rings. The van der Waals surface area contributed by atoms with E-state index in [-0.39, 0.29) is 11.4 Å².